The van der Waals surface area contributed by atoms with Crippen molar-refractivity contribution in [2.24, 2.45) is 12.8 Å². The number of carbonyl (C=O) groups excluding carboxylic acids is 1. The van der Waals surface area contributed by atoms with E-state index in [1.807, 2.05) is 0 Å². The highest BCUT2D eigenvalue weighted by Crippen LogP contribution is 2.40. The van der Waals surface area contributed by atoms with E-state index in [-0.39, 0.29) is 22.8 Å². The third kappa shape index (κ3) is 3.27. The van der Waals surface area contributed by atoms with Crippen LogP contribution in [0.5, 0.6) is 0 Å². The van der Waals surface area contributed by atoms with Gasteiger partial charge in [-0.2, -0.15) is 13.2 Å². The first-order valence-electron chi connectivity index (χ1n) is 8.15. The van der Waals surface area contributed by atoms with Crippen LogP contribution in [0.1, 0.15) is 11.1 Å². The van der Waals surface area contributed by atoms with Gasteiger partial charge in [0.15, 0.2) is 5.82 Å². The molecule has 2 aromatic heterocycles. The molecule has 3 rings (SSSR count). The molecule has 3 aromatic rings. The minimum absolute atomic E-state index is 0.0666. The van der Waals surface area contributed by atoms with Gasteiger partial charge in [-0.25, -0.2) is 14.6 Å². The number of primary amides is 1. The minimum atomic E-state index is -5.32. The maximum atomic E-state index is 13.4. The van der Waals surface area contributed by atoms with Gasteiger partial charge in [0.25, 0.3) is 11.5 Å². The van der Waals surface area contributed by atoms with Crippen molar-refractivity contribution < 1.29 is 23.1 Å². The maximum Gasteiger partial charge on any atom is 0.430 e. The molecule has 1 aromatic carbocycles. The third-order valence-electron chi connectivity index (χ3n) is 4.46. The normalized spacial score (nSPS) is 13.9. The molecular formula is C17H16F3N7O2. The van der Waals surface area contributed by atoms with E-state index in [9.17, 15) is 23.1 Å². The summed E-state index contributed by atoms with van der Waals surface area (Å²) in [6, 6.07) is 3.29. The van der Waals surface area contributed by atoms with E-state index in [4.69, 9.17) is 11.5 Å². The highest BCUT2D eigenvalue weighted by atomic mass is 19.4. The summed E-state index contributed by atoms with van der Waals surface area (Å²) in [4.78, 5) is 19.9. The van der Waals surface area contributed by atoms with Crippen LogP contribution in [0.15, 0.2) is 30.6 Å². The zero-order valence-electron chi connectivity index (χ0n) is 15.3. The second-order valence-corrected chi connectivity index (χ2v) is 6.33. The number of amides is 1. The first-order valence-corrected chi connectivity index (χ1v) is 8.15. The molecule has 29 heavy (non-hydrogen) atoms. The number of benzene rings is 1. The molecule has 1 amide bonds. The topological polar surface area (TPSA) is 146 Å². The summed E-state index contributed by atoms with van der Waals surface area (Å²) >= 11 is 0. The number of carbonyl (C=O) groups is 1. The van der Waals surface area contributed by atoms with Crippen LogP contribution in [0.3, 0.4) is 0 Å². The second-order valence-electron chi connectivity index (χ2n) is 6.33. The molecule has 0 saturated heterocycles. The van der Waals surface area contributed by atoms with Crippen molar-refractivity contribution in [2.75, 3.05) is 5.73 Å². The van der Waals surface area contributed by atoms with Crippen LogP contribution in [-0.4, -0.2) is 42.2 Å². The van der Waals surface area contributed by atoms with Crippen molar-refractivity contribution in [3.05, 3.63) is 41.7 Å². The summed E-state index contributed by atoms with van der Waals surface area (Å²) in [5, 5.41) is 17.6. The number of halogens is 3. The molecule has 0 radical (unpaired) electrons. The fourth-order valence-corrected chi connectivity index (χ4v) is 2.79. The van der Waals surface area contributed by atoms with Crippen molar-refractivity contribution in [1.29, 1.82) is 0 Å². The van der Waals surface area contributed by atoms with E-state index in [0.717, 1.165) is 12.1 Å². The van der Waals surface area contributed by atoms with Crippen molar-refractivity contribution >= 4 is 11.7 Å². The number of hydrogen-bond acceptors (Lipinski definition) is 7. The summed E-state index contributed by atoms with van der Waals surface area (Å²) in [5.41, 5.74) is 7.71. The van der Waals surface area contributed by atoms with E-state index in [0.29, 0.717) is 11.3 Å². The minimum Gasteiger partial charge on any atom is -0.382 e. The van der Waals surface area contributed by atoms with Gasteiger partial charge in [-0.1, -0.05) is 17.3 Å². The highest BCUT2D eigenvalue weighted by molar-refractivity contribution is 5.86. The van der Waals surface area contributed by atoms with Crippen molar-refractivity contribution in [3.63, 3.8) is 0 Å². The highest BCUT2D eigenvalue weighted by Gasteiger charge is 2.60. The Labute approximate surface area is 162 Å². The van der Waals surface area contributed by atoms with Gasteiger partial charge in [0.1, 0.15) is 11.4 Å². The quantitative estimate of drug-likeness (QED) is 0.586. The molecule has 0 spiro atoms. The molecular weight excluding hydrogens is 391 g/mol. The molecule has 0 aliphatic rings. The lowest BCUT2D eigenvalue weighted by atomic mass is 9.89. The lowest BCUT2D eigenvalue weighted by Gasteiger charge is -2.28. The number of aryl methyl sites for hydroxylation is 2. The third-order valence-corrected chi connectivity index (χ3v) is 4.46. The van der Waals surface area contributed by atoms with Crippen LogP contribution >= 0.6 is 0 Å². The molecule has 152 valence electrons. The molecule has 0 bridgehead atoms. The average Bonchev–Trinajstić information content (AvgIpc) is 3.06. The fourth-order valence-electron chi connectivity index (χ4n) is 2.79. The van der Waals surface area contributed by atoms with Crippen LogP contribution in [0, 0.1) is 6.92 Å². The molecule has 0 aliphatic carbocycles. The SMILES string of the molecule is Cc1ccc(C(O)(C(N)=O)C(F)(F)F)cc1-c1cnc(N)c(-c2cnnn2C)n1. The second kappa shape index (κ2) is 6.81. The Morgan fingerprint density at radius 3 is 2.48 bits per heavy atom. The van der Waals surface area contributed by atoms with Gasteiger partial charge >= 0.3 is 6.18 Å². The molecule has 0 aliphatic heterocycles. The lowest BCUT2D eigenvalue weighted by molar-refractivity contribution is -0.255. The summed E-state index contributed by atoms with van der Waals surface area (Å²) in [5.74, 6) is -1.87. The van der Waals surface area contributed by atoms with Crippen LogP contribution in [0.2, 0.25) is 0 Å². The summed E-state index contributed by atoms with van der Waals surface area (Å²) < 4.78 is 41.6. The summed E-state index contributed by atoms with van der Waals surface area (Å²) in [6.45, 7) is 1.62. The Morgan fingerprint density at radius 1 is 1.24 bits per heavy atom. The van der Waals surface area contributed by atoms with E-state index in [1.54, 1.807) is 14.0 Å². The van der Waals surface area contributed by atoms with Gasteiger partial charge in [-0.05, 0) is 18.6 Å². The van der Waals surface area contributed by atoms with Crippen molar-refractivity contribution in [1.82, 2.24) is 25.0 Å². The maximum absolute atomic E-state index is 13.4. The fraction of sp³-hybridized carbons (Fsp3) is 0.235. The molecule has 9 nitrogen and oxygen atoms in total. The van der Waals surface area contributed by atoms with E-state index >= 15 is 0 Å². The van der Waals surface area contributed by atoms with Gasteiger partial charge in [-0.15, -0.1) is 5.10 Å². The largest absolute Gasteiger partial charge is 0.430 e. The van der Waals surface area contributed by atoms with E-state index in [1.165, 1.54) is 23.1 Å². The molecule has 5 N–H and O–H groups in total. The summed E-state index contributed by atoms with van der Waals surface area (Å²) in [6.07, 6.45) is -2.64. The predicted octanol–water partition coefficient (Wildman–Crippen LogP) is 1.06. The molecule has 1 unspecified atom stereocenters. The number of hydrogen-bond donors (Lipinski definition) is 3. The van der Waals surface area contributed by atoms with Crippen LogP contribution < -0.4 is 11.5 Å². The Hall–Kier alpha value is -3.54. The Bertz CT molecular complexity index is 1100. The number of anilines is 1. The first kappa shape index (κ1) is 20.2. The zero-order chi connectivity index (χ0) is 21.6. The van der Waals surface area contributed by atoms with Crippen LogP contribution in [-0.2, 0) is 17.4 Å². The van der Waals surface area contributed by atoms with Gasteiger partial charge in [0, 0.05) is 18.2 Å². The number of rotatable bonds is 4. The van der Waals surface area contributed by atoms with Gasteiger partial charge in [0.2, 0.25) is 0 Å². The first-order chi connectivity index (χ1) is 13.5. The molecule has 0 fully saturated rings. The molecule has 12 heteroatoms. The average molecular weight is 407 g/mol. The Morgan fingerprint density at radius 2 is 1.93 bits per heavy atom. The number of aromatic nitrogens is 5. The smallest absolute Gasteiger partial charge is 0.382 e. The van der Waals surface area contributed by atoms with Gasteiger partial charge in [0.05, 0.1) is 18.1 Å². The number of nitrogens with zero attached hydrogens (tertiary/aromatic N) is 5. The number of nitrogens with two attached hydrogens (primary N) is 2. The van der Waals surface area contributed by atoms with Crippen molar-refractivity contribution in [3.8, 4) is 22.6 Å². The van der Waals surface area contributed by atoms with Gasteiger partial charge < -0.3 is 16.6 Å². The zero-order valence-corrected chi connectivity index (χ0v) is 15.3. The van der Waals surface area contributed by atoms with Gasteiger partial charge in [-0.3, -0.25) is 4.79 Å². The van der Waals surface area contributed by atoms with E-state index < -0.39 is 23.2 Å². The monoisotopic (exact) mass is 407 g/mol. The Balaban J connectivity index is 2.20. The predicted molar refractivity (Wildman–Crippen MR) is 95.8 cm³/mol. The summed E-state index contributed by atoms with van der Waals surface area (Å²) in [7, 11) is 1.61. The lowest BCUT2D eigenvalue weighted by Crippen LogP contribution is -2.52. The van der Waals surface area contributed by atoms with E-state index in [2.05, 4.69) is 20.3 Å². The van der Waals surface area contributed by atoms with Crippen molar-refractivity contribution in [2.45, 2.75) is 18.7 Å². The molecule has 2 heterocycles. The number of nitrogen functional groups attached to an aromatic ring is 1. The van der Waals surface area contributed by atoms with Crippen LogP contribution in [0.4, 0.5) is 19.0 Å². The van der Waals surface area contributed by atoms with Crippen LogP contribution in [0.25, 0.3) is 22.6 Å². The number of alkyl halides is 3. The standard InChI is InChI=1S/C17H16F3N7O2/c1-8-3-4-9(16(29,15(22)28)17(18,19)20)5-10(8)11-6-23-14(21)13(25-11)12-7-24-26-27(12)2/h3-7,29H,1-2H3,(H2,21,23)(H2,22,28). The Kier molecular flexibility index (Phi) is 4.74. The molecule has 1 atom stereocenters. The molecule has 0 saturated carbocycles. The number of aliphatic hydroxyl groups is 1.